The molecule has 0 atom stereocenters. The number of methoxy groups -OCH3 is 2. The maximum atomic E-state index is 13.2. The molecule has 2 aromatic carbocycles. The molecule has 0 aliphatic carbocycles. The summed E-state index contributed by atoms with van der Waals surface area (Å²) < 4.78 is 51.6. The molecule has 0 aliphatic heterocycles. The number of amides is 1. The normalized spacial score (nSPS) is 11.4. The summed E-state index contributed by atoms with van der Waals surface area (Å²) in [5, 5.41) is 8.54. The van der Waals surface area contributed by atoms with Crippen LogP contribution >= 0.6 is 0 Å². The molecule has 0 spiro atoms. The molecule has 4 rings (SSSR count). The van der Waals surface area contributed by atoms with Crippen molar-refractivity contribution in [2.45, 2.75) is 31.4 Å². The highest BCUT2D eigenvalue weighted by atomic mass is 32.2. The topological polar surface area (TPSA) is 161 Å². The van der Waals surface area contributed by atoms with Gasteiger partial charge >= 0.3 is 6.09 Å². The van der Waals surface area contributed by atoms with E-state index in [9.17, 15) is 13.2 Å². The molecule has 190 valence electrons. The molecule has 0 saturated carbocycles. The zero-order chi connectivity index (χ0) is 25.9. The van der Waals surface area contributed by atoms with Crippen LogP contribution in [-0.2, 0) is 34.3 Å². The summed E-state index contributed by atoms with van der Waals surface area (Å²) >= 11 is 0. The van der Waals surface area contributed by atoms with Crippen molar-refractivity contribution in [1.82, 2.24) is 14.9 Å². The number of carbonyl (C=O) groups is 1. The summed E-state index contributed by atoms with van der Waals surface area (Å²) in [7, 11) is -1.19. The van der Waals surface area contributed by atoms with Crippen LogP contribution in [0.15, 0.2) is 52.1 Å². The lowest BCUT2D eigenvalue weighted by atomic mass is 10.1. The molecule has 13 heteroatoms. The minimum absolute atomic E-state index is 0.00844. The van der Waals surface area contributed by atoms with Crippen molar-refractivity contribution >= 4 is 32.9 Å². The predicted octanol–water partition coefficient (Wildman–Crippen LogP) is 3.05. The van der Waals surface area contributed by atoms with Gasteiger partial charge in [0.05, 0.1) is 27.0 Å². The average molecular weight is 516 g/mol. The number of benzene rings is 2. The Morgan fingerprint density at radius 2 is 1.89 bits per heavy atom. The number of carbonyl (C=O) groups excluding carboxylic acids is 1. The van der Waals surface area contributed by atoms with E-state index in [-0.39, 0.29) is 23.1 Å². The van der Waals surface area contributed by atoms with Gasteiger partial charge in [0.1, 0.15) is 28.4 Å². The standard InChI is InChI=1S/C23H25N5O7S/c1-4-14-5-6-17(32-2)20(9-14)36(30,31)27-22-21-18(33-3)7-15(8-19(21)35-26-22)11-28-12-16(10-25-28)13-34-23(24)29/h5-10,12H,4,11,13H2,1-3H3,(H2,24,29)(H,26,27). The summed E-state index contributed by atoms with van der Waals surface area (Å²) in [6.07, 6.45) is 3.05. The number of sulfonamides is 1. The molecule has 1 amide bonds. The summed E-state index contributed by atoms with van der Waals surface area (Å²) in [4.78, 5) is 10.8. The molecule has 12 nitrogen and oxygen atoms in total. The number of nitrogens with two attached hydrogens (primary N) is 1. The van der Waals surface area contributed by atoms with Gasteiger partial charge in [0.2, 0.25) is 0 Å². The molecule has 0 unspecified atom stereocenters. The predicted molar refractivity (Wildman–Crippen MR) is 129 cm³/mol. The molecule has 4 aromatic rings. The van der Waals surface area contributed by atoms with E-state index < -0.39 is 16.1 Å². The molecule has 36 heavy (non-hydrogen) atoms. The van der Waals surface area contributed by atoms with Gasteiger partial charge < -0.3 is 24.5 Å². The second-order valence-electron chi connectivity index (χ2n) is 7.80. The maximum Gasteiger partial charge on any atom is 0.404 e. The Labute approximate surface area is 207 Å². The number of anilines is 1. The molecule has 2 heterocycles. The third-order valence-electron chi connectivity index (χ3n) is 5.39. The van der Waals surface area contributed by atoms with Gasteiger partial charge in [-0.05, 0) is 41.8 Å². The zero-order valence-corrected chi connectivity index (χ0v) is 20.7. The van der Waals surface area contributed by atoms with E-state index in [2.05, 4.69) is 15.0 Å². The number of hydrogen-bond acceptors (Lipinski definition) is 9. The molecular formula is C23H25N5O7S. The molecular weight excluding hydrogens is 490 g/mol. The van der Waals surface area contributed by atoms with Gasteiger partial charge in [0, 0.05) is 11.8 Å². The van der Waals surface area contributed by atoms with Crippen molar-refractivity contribution in [1.29, 1.82) is 0 Å². The van der Waals surface area contributed by atoms with E-state index in [0.29, 0.717) is 35.2 Å². The number of hydrogen-bond donors (Lipinski definition) is 2. The van der Waals surface area contributed by atoms with Crippen molar-refractivity contribution in [3.63, 3.8) is 0 Å². The lowest BCUT2D eigenvalue weighted by Gasteiger charge is -2.12. The van der Waals surface area contributed by atoms with Crippen LogP contribution in [-0.4, -0.2) is 43.7 Å². The SMILES string of the molecule is CCc1ccc(OC)c(S(=O)(=O)Nc2noc3cc(Cn4cc(COC(N)=O)cn4)cc(OC)c23)c1. The van der Waals surface area contributed by atoms with Gasteiger partial charge in [-0.2, -0.15) is 5.10 Å². The van der Waals surface area contributed by atoms with Crippen molar-refractivity contribution in [2.75, 3.05) is 18.9 Å². The van der Waals surface area contributed by atoms with E-state index in [1.807, 2.05) is 6.92 Å². The minimum Gasteiger partial charge on any atom is -0.496 e. The fourth-order valence-corrected chi connectivity index (χ4v) is 4.88. The summed E-state index contributed by atoms with van der Waals surface area (Å²) in [6, 6.07) is 8.42. The first-order valence-electron chi connectivity index (χ1n) is 10.8. The van der Waals surface area contributed by atoms with E-state index in [4.69, 9.17) is 24.5 Å². The molecule has 2 aromatic heterocycles. The highest BCUT2D eigenvalue weighted by molar-refractivity contribution is 7.92. The minimum atomic E-state index is -4.05. The number of aryl methyl sites for hydroxylation is 1. The second-order valence-corrected chi connectivity index (χ2v) is 9.45. The fourth-order valence-electron chi connectivity index (χ4n) is 3.65. The van der Waals surface area contributed by atoms with Gasteiger partial charge in [-0.25, -0.2) is 13.2 Å². The van der Waals surface area contributed by atoms with Crippen LogP contribution in [0.5, 0.6) is 11.5 Å². The van der Waals surface area contributed by atoms with Gasteiger partial charge in [-0.15, -0.1) is 0 Å². The first-order chi connectivity index (χ1) is 17.2. The monoisotopic (exact) mass is 515 g/mol. The first kappa shape index (κ1) is 24.9. The number of ether oxygens (including phenoxy) is 3. The third-order valence-corrected chi connectivity index (χ3v) is 6.75. The largest absolute Gasteiger partial charge is 0.496 e. The van der Waals surface area contributed by atoms with Gasteiger partial charge in [0.15, 0.2) is 11.4 Å². The van der Waals surface area contributed by atoms with E-state index in [1.54, 1.807) is 47.4 Å². The Morgan fingerprint density at radius 1 is 1.11 bits per heavy atom. The molecule has 0 radical (unpaired) electrons. The number of nitrogens with zero attached hydrogens (tertiary/aromatic N) is 3. The molecule has 0 aliphatic rings. The summed E-state index contributed by atoms with van der Waals surface area (Å²) in [5.41, 5.74) is 7.57. The first-order valence-corrected chi connectivity index (χ1v) is 12.3. The van der Waals surface area contributed by atoms with Crippen LogP contribution in [0.3, 0.4) is 0 Å². The van der Waals surface area contributed by atoms with Crippen molar-refractivity contribution < 1.29 is 31.9 Å². The average Bonchev–Trinajstić information content (AvgIpc) is 3.48. The van der Waals surface area contributed by atoms with Gasteiger partial charge in [-0.3, -0.25) is 9.40 Å². The molecule has 0 fully saturated rings. The Morgan fingerprint density at radius 3 is 2.58 bits per heavy atom. The Hall–Kier alpha value is -4.26. The Balaban J connectivity index is 1.63. The van der Waals surface area contributed by atoms with Crippen LogP contribution in [0.2, 0.25) is 0 Å². The number of nitrogens with one attached hydrogen (secondary N) is 1. The van der Waals surface area contributed by atoms with Crippen LogP contribution in [0.25, 0.3) is 11.0 Å². The quantitative estimate of drug-likeness (QED) is 0.323. The Kier molecular flexibility index (Phi) is 7.01. The van der Waals surface area contributed by atoms with Gasteiger partial charge in [-0.1, -0.05) is 18.1 Å². The number of aromatic nitrogens is 3. The Bertz CT molecular complexity index is 1510. The molecule has 0 saturated heterocycles. The molecule has 0 bridgehead atoms. The van der Waals surface area contributed by atoms with Crippen LogP contribution < -0.4 is 19.9 Å². The van der Waals surface area contributed by atoms with E-state index in [0.717, 1.165) is 11.1 Å². The van der Waals surface area contributed by atoms with Crippen LogP contribution in [0, 0.1) is 0 Å². The molecule has 3 N–H and O–H groups in total. The lowest BCUT2D eigenvalue weighted by Crippen LogP contribution is -2.15. The lowest BCUT2D eigenvalue weighted by molar-refractivity contribution is 0.150. The maximum absolute atomic E-state index is 13.2. The van der Waals surface area contributed by atoms with Gasteiger partial charge in [0.25, 0.3) is 10.0 Å². The second kappa shape index (κ2) is 10.2. The summed E-state index contributed by atoms with van der Waals surface area (Å²) in [6.45, 7) is 2.28. The fraction of sp³-hybridized carbons (Fsp3) is 0.261. The van der Waals surface area contributed by atoms with E-state index in [1.165, 1.54) is 14.2 Å². The van der Waals surface area contributed by atoms with E-state index >= 15 is 0 Å². The summed E-state index contributed by atoms with van der Waals surface area (Å²) in [5.74, 6) is 0.559. The number of rotatable bonds is 10. The van der Waals surface area contributed by atoms with Crippen LogP contribution in [0.1, 0.15) is 23.6 Å². The number of primary amides is 1. The van der Waals surface area contributed by atoms with Crippen molar-refractivity contribution in [3.8, 4) is 11.5 Å². The van der Waals surface area contributed by atoms with Crippen LogP contribution in [0.4, 0.5) is 10.6 Å². The van der Waals surface area contributed by atoms with Crippen molar-refractivity contribution in [2.24, 2.45) is 5.73 Å². The zero-order valence-electron chi connectivity index (χ0n) is 19.8. The highest BCUT2D eigenvalue weighted by Crippen LogP contribution is 2.36. The van der Waals surface area contributed by atoms with Crippen molar-refractivity contribution in [3.05, 3.63) is 59.4 Å². The number of fused-ring (bicyclic) bond motifs is 1. The highest BCUT2D eigenvalue weighted by Gasteiger charge is 2.25. The smallest absolute Gasteiger partial charge is 0.404 e. The third kappa shape index (κ3) is 5.20.